The molecule has 0 radical (unpaired) electrons. The van der Waals surface area contributed by atoms with Gasteiger partial charge in [-0.1, -0.05) is 12.8 Å². The molecule has 1 aromatic heterocycles. The van der Waals surface area contributed by atoms with Crippen molar-refractivity contribution in [3.05, 3.63) is 15.9 Å². The Kier molecular flexibility index (Phi) is 6.05. The van der Waals surface area contributed by atoms with E-state index in [0.717, 1.165) is 35.6 Å². The fraction of sp³-hybridized carbons (Fsp3) is 0.800. The molecule has 2 atom stereocenters. The third-order valence-corrected chi connectivity index (χ3v) is 5.42. The molecule has 4 nitrogen and oxygen atoms in total. The smallest absolute Gasteiger partial charge is 0.0896 e. The third kappa shape index (κ3) is 3.62. The summed E-state index contributed by atoms with van der Waals surface area (Å²) in [5.41, 5.74) is 8.05. The lowest BCUT2D eigenvalue weighted by Gasteiger charge is -2.30. The molecule has 0 aromatic carbocycles. The lowest BCUT2D eigenvalue weighted by atomic mass is 9.80. The predicted molar refractivity (Wildman–Crippen MR) is 84.5 cm³/mol. The van der Waals surface area contributed by atoms with Gasteiger partial charge < -0.3 is 10.5 Å². The molecule has 0 spiro atoms. The summed E-state index contributed by atoms with van der Waals surface area (Å²) in [6.45, 7) is 7.24. The van der Waals surface area contributed by atoms with E-state index in [9.17, 15) is 0 Å². The van der Waals surface area contributed by atoms with Crippen LogP contribution < -0.4 is 5.73 Å². The molecule has 114 valence electrons. The second kappa shape index (κ2) is 7.57. The first kappa shape index (κ1) is 16.0. The lowest BCUT2D eigenvalue weighted by molar-refractivity contribution is 0.0477. The number of aromatic nitrogens is 2. The van der Waals surface area contributed by atoms with Crippen LogP contribution in [0.25, 0.3) is 0 Å². The molecule has 2 N–H and O–H groups in total. The molecule has 0 saturated heterocycles. The minimum Gasteiger partial charge on any atom is -0.375 e. The number of hydrogen-bond donors (Lipinski definition) is 1. The van der Waals surface area contributed by atoms with Crippen LogP contribution in [0.4, 0.5) is 0 Å². The first-order chi connectivity index (χ1) is 9.67. The molecule has 5 heteroatoms. The minimum atomic E-state index is 0.628. The average molecular weight is 344 g/mol. The number of nitrogens with two attached hydrogens (primary N) is 1. The zero-order valence-corrected chi connectivity index (χ0v) is 14.2. The first-order valence-electron chi connectivity index (χ1n) is 7.67. The zero-order chi connectivity index (χ0) is 14.5. The fourth-order valence-corrected chi connectivity index (χ4v) is 3.53. The molecule has 1 aromatic rings. The van der Waals surface area contributed by atoms with Gasteiger partial charge in [0, 0.05) is 6.54 Å². The summed E-state index contributed by atoms with van der Waals surface area (Å²) in [6, 6.07) is 0. The van der Waals surface area contributed by atoms with Gasteiger partial charge in [0.15, 0.2) is 0 Å². The van der Waals surface area contributed by atoms with Crippen molar-refractivity contribution in [2.45, 2.75) is 52.7 Å². The van der Waals surface area contributed by atoms with Crippen molar-refractivity contribution in [1.29, 1.82) is 0 Å². The first-order valence-corrected chi connectivity index (χ1v) is 8.46. The van der Waals surface area contributed by atoms with E-state index in [4.69, 9.17) is 10.5 Å². The second-order valence-corrected chi connectivity index (χ2v) is 6.51. The van der Waals surface area contributed by atoms with E-state index >= 15 is 0 Å². The topological polar surface area (TPSA) is 53.1 Å². The quantitative estimate of drug-likeness (QED) is 0.862. The van der Waals surface area contributed by atoms with Gasteiger partial charge in [-0.15, -0.1) is 0 Å². The molecule has 20 heavy (non-hydrogen) atoms. The molecular weight excluding hydrogens is 318 g/mol. The molecule has 1 fully saturated rings. The molecule has 1 saturated carbocycles. The number of nitrogens with zero attached hydrogens (tertiary/aromatic N) is 2. The second-order valence-electron chi connectivity index (χ2n) is 5.72. The molecule has 1 aliphatic rings. The van der Waals surface area contributed by atoms with Crippen molar-refractivity contribution >= 4 is 15.9 Å². The van der Waals surface area contributed by atoms with Crippen molar-refractivity contribution in [3.8, 4) is 0 Å². The van der Waals surface area contributed by atoms with Crippen LogP contribution in [0.5, 0.6) is 0 Å². The summed E-state index contributed by atoms with van der Waals surface area (Å²) in [7, 11) is 0. The van der Waals surface area contributed by atoms with Crippen LogP contribution in [0.15, 0.2) is 4.47 Å². The van der Waals surface area contributed by atoms with E-state index in [1.165, 1.54) is 25.7 Å². The molecule has 0 bridgehead atoms. The number of aryl methyl sites for hydroxylation is 2. The predicted octanol–water partition coefficient (Wildman–Crippen LogP) is 3.26. The Morgan fingerprint density at radius 2 is 2.05 bits per heavy atom. The molecule has 0 amide bonds. The highest BCUT2D eigenvalue weighted by Gasteiger charge is 2.24. The standard InChI is InChI=1S/C15H26BrN3O/c1-3-19-14(15(16)11(2)18-19)10-20-9-13-7-5-4-6-12(13)8-17/h12-13H,3-10,17H2,1-2H3. The molecule has 1 aliphatic carbocycles. The van der Waals surface area contributed by atoms with Crippen LogP contribution in [-0.4, -0.2) is 22.9 Å². The van der Waals surface area contributed by atoms with E-state index in [2.05, 4.69) is 28.0 Å². The Balaban J connectivity index is 1.89. The number of ether oxygens (including phenoxy) is 1. The van der Waals surface area contributed by atoms with Crippen molar-refractivity contribution in [3.63, 3.8) is 0 Å². The Morgan fingerprint density at radius 1 is 1.35 bits per heavy atom. The summed E-state index contributed by atoms with van der Waals surface area (Å²) < 4.78 is 9.08. The highest BCUT2D eigenvalue weighted by molar-refractivity contribution is 9.10. The number of hydrogen-bond acceptors (Lipinski definition) is 3. The van der Waals surface area contributed by atoms with Crippen LogP contribution in [-0.2, 0) is 17.9 Å². The van der Waals surface area contributed by atoms with E-state index in [1.807, 2.05) is 11.6 Å². The van der Waals surface area contributed by atoms with E-state index in [-0.39, 0.29) is 0 Å². The highest BCUT2D eigenvalue weighted by atomic mass is 79.9. The van der Waals surface area contributed by atoms with Crippen molar-refractivity contribution < 1.29 is 4.74 Å². The van der Waals surface area contributed by atoms with Gasteiger partial charge in [0.05, 0.1) is 29.1 Å². The Labute approximate surface area is 130 Å². The summed E-state index contributed by atoms with van der Waals surface area (Å²) in [4.78, 5) is 0. The maximum absolute atomic E-state index is 5.98. The number of halogens is 1. The molecule has 2 unspecified atom stereocenters. The normalized spacial score (nSPS) is 23.2. The highest BCUT2D eigenvalue weighted by Crippen LogP contribution is 2.30. The fourth-order valence-electron chi connectivity index (χ4n) is 3.13. The van der Waals surface area contributed by atoms with Gasteiger partial charge in [0.2, 0.25) is 0 Å². The maximum atomic E-state index is 5.98. The zero-order valence-electron chi connectivity index (χ0n) is 12.6. The van der Waals surface area contributed by atoms with Gasteiger partial charge in [-0.25, -0.2) is 0 Å². The molecule has 1 heterocycles. The lowest BCUT2D eigenvalue weighted by Crippen LogP contribution is -2.30. The molecule has 0 aliphatic heterocycles. The van der Waals surface area contributed by atoms with Gasteiger partial charge in [-0.05, 0) is 61.0 Å². The van der Waals surface area contributed by atoms with Gasteiger partial charge >= 0.3 is 0 Å². The Bertz CT molecular complexity index is 433. The monoisotopic (exact) mass is 343 g/mol. The van der Waals surface area contributed by atoms with Gasteiger partial charge in [0.1, 0.15) is 0 Å². The summed E-state index contributed by atoms with van der Waals surface area (Å²) >= 11 is 3.61. The summed E-state index contributed by atoms with van der Waals surface area (Å²) in [6.07, 6.45) is 5.17. The van der Waals surface area contributed by atoms with Crippen molar-refractivity contribution in [2.24, 2.45) is 17.6 Å². The van der Waals surface area contributed by atoms with Crippen LogP contribution in [0.1, 0.15) is 44.0 Å². The van der Waals surface area contributed by atoms with Crippen LogP contribution >= 0.6 is 15.9 Å². The van der Waals surface area contributed by atoms with Crippen LogP contribution in [0.3, 0.4) is 0 Å². The van der Waals surface area contributed by atoms with Crippen molar-refractivity contribution in [2.75, 3.05) is 13.2 Å². The van der Waals surface area contributed by atoms with Crippen molar-refractivity contribution in [1.82, 2.24) is 9.78 Å². The van der Waals surface area contributed by atoms with E-state index in [0.29, 0.717) is 18.4 Å². The minimum absolute atomic E-state index is 0.628. The van der Waals surface area contributed by atoms with E-state index < -0.39 is 0 Å². The SMILES string of the molecule is CCn1nc(C)c(Br)c1COCC1CCCCC1CN. The Hall–Kier alpha value is -0.390. The largest absolute Gasteiger partial charge is 0.375 e. The van der Waals surface area contributed by atoms with Crippen LogP contribution in [0.2, 0.25) is 0 Å². The van der Waals surface area contributed by atoms with Gasteiger partial charge in [-0.2, -0.15) is 5.10 Å². The summed E-state index contributed by atoms with van der Waals surface area (Å²) in [5.74, 6) is 1.27. The number of rotatable bonds is 6. The van der Waals surface area contributed by atoms with Crippen LogP contribution in [0, 0.1) is 18.8 Å². The average Bonchev–Trinajstić information content (AvgIpc) is 2.75. The maximum Gasteiger partial charge on any atom is 0.0896 e. The third-order valence-electron chi connectivity index (χ3n) is 4.39. The van der Waals surface area contributed by atoms with Gasteiger partial charge in [-0.3, -0.25) is 4.68 Å². The van der Waals surface area contributed by atoms with E-state index in [1.54, 1.807) is 0 Å². The summed E-state index contributed by atoms with van der Waals surface area (Å²) in [5, 5.41) is 4.49. The van der Waals surface area contributed by atoms with Gasteiger partial charge in [0.25, 0.3) is 0 Å². The molecular formula is C15H26BrN3O. The molecule has 2 rings (SSSR count). The Morgan fingerprint density at radius 3 is 2.70 bits per heavy atom.